The first kappa shape index (κ1) is 5.82. The molecule has 3 heteroatoms. The molecule has 0 saturated heterocycles. The molecule has 0 unspecified atom stereocenters. The van der Waals surface area contributed by atoms with Crippen LogP contribution in [-0.2, 0) is 4.74 Å². The lowest BCUT2D eigenvalue weighted by Crippen LogP contribution is -2.23. The van der Waals surface area contributed by atoms with Crippen LogP contribution in [0.3, 0.4) is 0 Å². The van der Waals surface area contributed by atoms with Gasteiger partial charge in [0.1, 0.15) is 7.11 Å². The Kier molecular flexibility index (Phi) is 1.68. The quantitative estimate of drug-likeness (QED) is 0.531. The highest BCUT2D eigenvalue weighted by molar-refractivity contribution is 7.80. The lowest BCUT2D eigenvalue weighted by molar-refractivity contribution is 0.449. The van der Waals surface area contributed by atoms with Gasteiger partial charge in [-0.1, -0.05) is 0 Å². The monoisotopic (exact) mass is 130 g/mol. The van der Waals surface area contributed by atoms with Crippen molar-refractivity contribution in [1.82, 2.24) is 5.32 Å². The van der Waals surface area contributed by atoms with E-state index in [1.54, 1.807) is 0 Å². The molecule has 0 aliphatic heterocycles. The standard InChI is InChI=1S/C5H8NOS/c1-7-5(8)6-4-2-3-4/h4H,1-3H2,(H,6,8). The van der Waals surface area contributed by atoms with Crippen LogP contribution in [0.5, 0.6) is 0 Å². The van der Waals surface area contributed by atoms with Gasteiger partial charge in [0.05, 0.1) is 0 Å². The average molecular weight is 130 g/mol. The van der Waals surface area contributed by atoms with Crippen molar-refractivity contribution in [3.05, 3.63) is 7.11 Å². The molecule has 45 valence electrons. The fourth-order valence-electron chi connectivity index (χ4n) is 0.436. The van der Waals surface area contributed by atoms with Gasteiger partial charge in [-0.3, -0.25) is 0 Å². The SMILES string of the molecule is [CH2]OC(=S)NC1CC1. The first-order valence-corrected chi connectivity index (χ1v) is 2.96. The molecule has 0 heterocycles. The third-order valence-electron chi connectivity index (χ3n) is 1.03. The zero-order chi connectivity index (χ0) is 5.98. The van der Waals surface area contributed by atoms with Gasteiger partial charge in [-0.15, -0.1) is 0 Å². The number of ether oxygens (including phenoxy) is 1. The number of thiocarbonyl (C=S) groups is 1. The van der Waals surface area contributed by atoms with Crippen molar-refractivity contribution in [2.45, 2.75) is 18.9 Å². The van der Waals surface area contributed by atoms with Crippen LogP contribution in [0.1, 0.15) is 12.8 Å². The fraction of sp³-hybridized carbons (Fsp3) is 0.600. The summed E-state index contributed by atoms with van der Waals surface area (Å²) in [5, 5.41) is 3.36. The molecule has 1 aliphatic carbocycles. The molecule has 1 fully saturated rings. The summed E-state index contributed by atoms with van der Waals surface area (Å²) >= 11 is 4.68. The Hall–Kier alpha value is -0.310. The highest BCUT2D eigenvalue weighted by atomic mass is 32.1. The molecule has 0 aromatic heterocycles. The van der Waals surface area contributed by atoms with Crippen LogP contribution in [0.25, 0.3) is 0 Å². The molecule has 0 spiro atoms. The lowest BCUT2D eigenvalue weighted by atomic mass is 10.7. The first-order chi connectivity index (χ1) is 3.83. The molecular weight excluding hydrogens is 122 g/mol. The van der Waals surface area contributed by atoms with Crippen molar-refractivity contribution in [3.63, 3.8) is 0 Å². The normalized spacial score (nSPS) is 17.6. The summed E-state index contributed by atoms with van der Waals surface area (Å²) in [6.45, 7) is 0. The second-order valence-electron chi connectivity index (χ2n) is 1.85. The van der Waals surface area contributed by atoms with E-state index in [9.17, 15) is 0 Å². The molecule has 1 rings (SSSR count). The van der Waals surface area contributed by atoms with Crippen LogP contribution in [0.4, 0.5) is 0 Å². The van der Waals surface area contributed by atoms with Gasteiger partial charge in [-0.2, -0.15) is 0 Å². The van der Waals surface area contributed by atoms with Gasteiger partial charge in [0, 0.05) is 6.04 Å². The highest BCUT2D eigenvalue weighted by Gasteiger charge is 2.21. The van der Waals surface area contributed by atoms with Gasteiger partial charge in [0.25, 0.3) is 5.17 Å². The Balaban J connectivity index is 2.07. The zero-order valence-electron chi connectivity index (χ0n) is 4.52. The minimum Gasteiger partial charge on any atom is -0.467 e. The van der Waals surface area contributed by atoms with Gasteiger partial charge < -0.3 is 10.1 Å². The van der Waals surface area contributed by atoms with Crippen LogP contribution in [0.2, 0.25) is 0 Å². The Morgan fingerprint density at radius 2 is 2.38 bits per heavy atom. The summed E-state index contributed by atoms with van der Waals surface area (Å²) in [7, 11) is 3.16. The summed E-state index contributed by atoms with van der Waals surface area (Å²) in [6.07, 6.45) is 2.42. The Bertz CT molecular complexity index is 101. The van der Waals surface area contributed by atoms with Crippen LogP contribution < -0.4 is 5.32 Å². The molecule has 8 heavy (non-hydrogen) atoms. The van der Waals surface area contributed by atoms with E-state index in [1.807, 2.05) is 0 Å². The third kappa shape index (κ3) is 1.66. The van der Waals surface area contributed by atoms with E-state index >= 15 is 0 Å². The molecular formula is C5H8NOS. The van der Waals surface area contributed by atoms with Crippen LogP contribution in [-0.4, -0.2) is 11.2 Å². The predicted octanol–water partition coefficient (Wildman–Crippen LogP) is 0.831. The van der Waals surface area contributed by atoms with Crippen molar-refractivity contribution in [3.8, 4) is 0 Å². The molecule has 1 N–H and O–H groups in total. The first-order valence-electron chi connectivity index (χ1n) is 2.55. The predicted molar refractivity (Wildman–Crippen MR) is 35.2 cm³/mol. The van der Waals surface area contributed by atoms with E-state index in [4.69, 9.17) is 0 Å². The van der Waals surface area contributed by atoms with E-state index in [1.165, 1.54) is 12.8 Å². The van der Waals surface area contributed by atoms with Crippen LogP contribution in [0, 0.1) is 7.11 Å². The summed E-state index contributed by atoms with van der Waals surface area (Å²) in [5.41, 5.74) is 0. The topological polar surface area (TPSA) is 21.3 Å². The van der Waals surface area contributed by atoms with Crippen molar-refractivity contribution >= 4 is 17.4 Å². The maximum Gasteiger partial charge on any atom is 0.256 e. The Morgan fingerprint density at radius 3 is 2.75 bits per heavy atom. The summed E-state index contributed by atoms with van der Waals surface area (Å²) in [6, 6.07) is 0.573. The van der Waals surface area contributed by atoms with Crippen molar-refractivity contribution in [1.29, 1.82) is 0 Å². The number of rotatable bonds is 1. The van der Waals surface area contributed by atoms with Crippen LogP contribution >= 0.6 is 12.2 Å². The maximum atomic E-state index is 4.68. The largest absolute Gasteiger partial charge is 0.467 e. The van der Waals surface area contributed by atoms with Gasteiger partial charge in [0.15, 0.2) is 0 Å². The average Bonchev–Trinajstić information content (AvgIpc) is 2.50. The lowest BCUT2D eigenvalue weighted by Gasteiger charge is -2.01. The molecule has 0 atom stereocenters. The zero-order valence-corrected chi connectivity index (χ0v) is 5.33. The molecule has 0 bridgehead atoms. The van der Waals surface area contributed by atoms with Gasteiger partial charge in [-0.05, 0) is 25.1 Å². The minimum absolute atomic E-state index is 0.410. The van der Waals surface area contributed by atoms with Crippen molar-refractivity contribution < 1.29 is 4.74 Å². The number of hydrogen-bond donors (Lipinski definition) is 1. The van der Waals surface area contributed by atoms with Gasteiger partial charge in [0.2, 0.25) is 0 Å². The second kappa shape index (κ2) is 2.31. The molecule has 0 aromatic rings. The number of nitrogens with one attached hydrogen (secondary N) is 1. The molecule has 1 saturated carbocycles. The highest BCUT2D eigenvalue weighted by Crippen LogP contribution is 2.18. The van der Waals surface area contributed by atoms with E-state index < -0.39 is 0 Å². The smallest absolute Gasteiger partial charge is 0.256 e. The van der Waals surface area contributed by atoms with Gasteiger partial charge >= 0.3 is 0 Å². The summed E-state index contributed by atoms with van der Waals surface area (Å²) in [4.78, 5) is 0. The second-order valence-corrected chi connectivity index (χ2v) is 2.22. The summed E-state index contributed by atoms with van der Waals surface area (Å²) in [5.74, 6) is 0. The minimum atomic E-state index is 0.410. The van der Waals surface area contributed by atoms with E-state index in [-0.39, 0.29) is 0 Å². The molecule has 2 nitrogen and oxygen atoms in total. The molecule has 1 aliphatic rings. The fourth-order valence-corrected chi connectivity index (χ4v) is 0.603. The molecule has 0 amide bonds. The van der Waals surface area contributed by atoms with E-state index in [0.717, 1.165) is 0 Å². The molecule has 1 radical (unpaired) electrons. The number of hydrogen-bond acceptors (Lipinski definition) is 2. The maximum absolute atomic E-state index is 4.68. The van der Waals surface area contributed by atoms with E-state index in [2.05, 4.69) is 29.4 Å². The molecule has 0 aromatic carbocycles. The van der Waals surface area contributed by atoms with Crippen molar-refractivity contribution in [2.75, 3.05) is 0 Å². The third-order valence-corrected chi connectivity index (χ3v) is 1.27. The van der Waals surface area contributed by atoms with Crippen molar-refractivity contribution in [2.24, 2.45) is 0 Å². The Morgan fingerprint density at radius 1 is 1.75 bits per heavy atom. The van der Waals surface area contributed by atoms with Gasteiger partial charge in [-0.25, -0.2) is 0 Å². The van der Waals surface area contributed by atoms with Crippen LogP contribution in [0.15, 0.2) is 0 Å². The Labute approximate surface area is 54.2 Å². The summed E-state index contributed by atoms with van der Waals surface area (Å²) < 4.78 is 4.47. The van der Waals surface area contributed by atoms with E-state index in [0.29, 0.717) is 11.2 Å².